The molecule has 0 spiro atoms. The van der Waals surface area contributed by atoms with Crippen LogP contribution in [0.5, 0.6) is 0 Å². The maximum Gasteiger partial charge on any atom is 0.254 e. The van der Waals surface area contributed by atoms with E-state index < -0.39 is 0 Å². The van der Waals surface area contributed by atoms with Gasteiger partial charge < -0.3 is 16.4 Å². The molecule has 4 N–H and O–H groups in total. The quantitative estimate of drug-likeness (QED) is 0.803. The summed E-state index contributed by atoms with van der Waals surface area (Å²) < 4.78 is 0.771. The van der Waals surface area contributed by atoms with Crippen molar-refractivity contribution < 1.29 is 9.59 Å². The van der Waals surface area contributed by atoms with Gasteiger partial charge in [0.1, 0.15) is 0 Å². The number of primary amides is 1. The highest BCUT2D eigenvalue weighted by atomic mass is 79.9. The lowest BCUT2D eigenvalue weighted by Crippen LogP contribution is -2.44. The molecule has 1 unspecified atom stereocenters. The van der Waals surface area contributed by atoms with Crippen LogP contribution in [-0.2, 0) is 4.79 Å². The molecule has 1 aliphatic heterocycles. The molecule has 2 rings (SSSR count). The molecule has 5 nitrogen and oxygen atoms in total. The molecule has 108 valence electrons. The first-order valence-electron chi connectivity index (χ1n) is 6.54. The van der Waals surface area contributed by atoms with Gasteiger partial charge in [0, 0.05) is 28.8 Å². The summed E-state index contributed by atoms with van der Waals surface area (Å²) in [4.78, 5) is 25.6. The summed E-state index contributed by atoms with van der Waals surface area (Å²) in [5.74, 6) is -0.688. The molecular weight excluding hydrogens is 322 g/mol. The van der Waals surface area contributed by atoms with Crippen LogP contribution in [0.15, 0.2) is 16.6 Å². The van der Waals surface area contributed by atoms with Crippen LogP contribution >= 0.6 is 15.9 Å². The minimum absolute atomic E-state index is 0.0959. The van der Waals surface area contributed by atoms with Gasteiger partial charge in [-0.1, -0.05) is 15.9 Å². The summed E-state index contributed by atoms with van der Waals surface area (Å²) >= 11 is 3.35. The number of likely N-dealkylation sites (tertiary alicyclic amines) is 1. The van der Waals surface area contributed by atoms with E-state index in [0.29, 0.717) is 24.3 Å². The molecule has 0 bridgehead atoms. The zero-order valence-electron chi connectivity index (χ0n) is 11.4. The Labute approximate surface area is 126 Å². The molecule has 0 aromatic heterocycles. The Hall–Kier alpha value is -1.56. The second-order valence-corrected chi connectivity index (χ2v) is 6.08. The first-order chi connectivity index (χ1) is 9.40. The van der Waals surface area contributed by atoms with Crippen molar-refractivity contribution in [2.24, 2.45) is 11.7 Å². The largest absolute Gasteiger partial charge is 0.398 e. The van der Waals surface area contributed by atoms with Crippen LogP contribution in [0.25, 0.3) is 0 Å². The topological polar surface area (TPSA) is 89.4 Å². The van der Waals surface area contributed by atoms with Crippen LogP contribution in [0.1, 0.15) is 28.8 Å². The standard InChI is InChI=1S/C14H18BrN3O2/c1-8-11(5-10(15)6-12(8)16)14(20)18-4-2-3-9(7-18)13(17)19/h5-6,9H,2-4,7,16H2,1H3,(H2,17,19). The van der Waals surface area contributed by atoms with Gasteiger partial charge in [0.2, 0.25) is 5.91 Å². The van der Waals surface area contributed by atoms with Crippen molar-refractivity contribution in [3.05, 3.63) is 27.7 Å². The fourth-order valence-corrected chi connectivity index (χ4v) is 2.96. The summed E-state index contributed by atoms with van der Waals surface area (Å²) in [6.07, 6.45) is 1.54. The fourth-order valence-electron chi connectivity index (χ4n) is 2.49. The lowest BCUT2D eigenvalue weighted by molar-refractivity contribution is -0.123. The van der Waals surface area contributed by atoms with Crippen LogP contribution in [0, 0.1) is 12.8 Å². The number of piperidine rings is 1. The summed E-state index contributed by atoms with van der Waals surface area (Å²) in [6.45, 7) is 2.86. The normalized spacial score (nSPS) is 18.9. The number of nitrogen functional groups attached to an aromatic ring is 1. The number of nitrogens with two attached hydrogens (primary N) is 2. The van der Waals surface area contributed by atoms with E-state index in [1.54, 1.807) is 17.0 Å². The Morgan fingerprint density at radius 3 is 2.75 bits per heavy atom. The molecule has 0 saturated carbocycles. The van der Waals surface area contributed by atoms with E-state index in [4.69, 9.17) is 11.5 Å². The van der Waals surface area contributed by atoms with E-state index in [1.165, 1.54) is 0 Å². The molecule has 2 amide bonds. The van der Waals surface area contributed by atoms with E-state index in [2.05, 4.69) is 15.9 Å². The minimum atomic E-state index is -0.340. The molecule has 20 heavy (non-hydrogen) atoms. The third-order valence-corrected chi connectivity index (χ3v) is 4.21. The van der Waals surface area contributed by atoms with Crippen molar-refractivity contribution in [2.45, 2.75) is 19.8 Å². The average Bonchev–Trinajstić information content (AvgIpc) is 2.42. The number of halogens is 1. The van der Waals surface area contributed by atoms with Crippen LogP contribution in [0.3, 0.4) is 0 Å². The Kier molecular flexibility index (Phi) is 4.32. The van der Waals surface area contributed by atoms with Gasteiger partial charge in [-0.15, -0.1) is 0 Å². The van der Waals surface area contributed by atoms with E-state index in [1.807, 2.05) is 6.92 Å². The number of carbonyl (C=O) groups is 2. The monoisotopic (exact) mass is 339 g/mol. The van der Waals surface area contributed by atoms with Crippen molar-refractivity contribution >= 4 is 33.4 Å². The Morgan fingerprint density at radius 1 is 1.40 bits per heavy atom. The predicted molar refractivity (Wildman–Crippen MR) is 81.1 cm³/mol. The first kappa shape index (κ1) is 14.8. The van der Waals surface area contributed by atoms with Gasteiger partial charge in [0.25, 0.3) is 5.91 Å². The van der Waals surface area contributed by atoms with Crippen molar-refractivity contribution in [3.8, 4) is 0 Å². The van der Waals surface area contributed by atoms with Crippen molar-refractivity contribution in [2.75, 3.05) is 18.8 Å². The number of benzene rings is 1. The Balaban J connectivity index is 2.25. The van der Waals surface area contributed by atoms with Crippen LogP contribution < -0.4 is 11.5 Å². The summed E-state index contributed by atoms with van der Waals surface area (Å²) in [7, 11) is 0. The molecular formula is C14H18BrN3O2. The molecule has 1 aliphatic rings. The van der Waals surface area contributed by atoms with Gasteiger partial charge in [-0.2, -0.15) is 0 Å². The number of rotatable bonds is 2. The number of anilines is 1. The number of hydrogen-bond donors (Lipinski definition) is 2. The van der Waals surface area contributed by atoms with Crippen molar-refractivity contribution in [1.29, 1.82) is 0 Å². The van der Waals surface area contributed by atoms with Crippen molar-refractivity contribution in [1.82, 2.24) is 4.90 Å². The van der Waals surface area contributed by atoms with Crippen LogP contribution in [0.4, 0.5) is 5.69 Å². The molecule has 1 aromatic carbocycles. The van der Waals surface area contributed by atoms with Gasteiger partial charge in [-0.05, 0) is 37.5 Å². The smallest absolute Gasteiger partial charge is 0.254 e. The minimum Gasteiger partial charge on any atom is -0.398 e. The van der Waals surface area contributed by atoms with E-state index in [9.17, 15) is 9.59 Å². The van der Waals surface area contributed by atoms with Gasteiger partial charge in [0.15, 0.2) is 0 Å². The molecule has 1 heterocycles. The maximum atomic E-state index is 12.6. The van der Waals surface area contributed by atoms with Crippen LogP contribution in [-0.4, -0.2) is 29.8 Å². The van der Waals surface area contributed by atoms with Gasteiger partial charge in [-0.25, -0.2) is 0 Å². The summed E-state index contributed by atoms with van der Waals surface area (Å²) in [5.41, 5.74) is 13.1. The molecule has 0 aliphatic carbocycles. The zero-order valence-corrected chi connectivity index (χ0v) is 12.9. The van der Waals surface area contributed by atoms with Gasteiger partial charge >= 0.3 is 0 Å². The maximum absolute atomic E-state index is 12.6. The van der Waals surface area contributed by atoms with Crippen molar-refractivity contribution in [3.63, 3.8) is 0 Å². The van der Waals surface area contributed by atoms with Gasteiger partial charge in [0.05, 0.1) is 5.92 Å². The zero-order chi connectivity index (χ0) is 14.9. The summed E-state index contributed by atoms with van der Waals surface area (Å²) in [5, 5.41) is 0. The second-order valence-electron chi connectivity index (χ2n) is 5.16. The third-order valence-electron chi connectivity index (χ3n) is 3.75. The second kappa shape index (κ2) is 5.83. The third kappa shape index (κ3) is 2.95. The molecule has 1 aromatic rings. The van der Waals surface area contributed by atoms with Crippen LogP contribution in [0.2, 0.25) is 0 Å². The highest BCUT2D eigenvalue weighted by Crippen LogP contribution is 2.25. The van der Waals surface area contributed by atoms with Gasteiger partial charge in [-0.3, -0.25) is 9.59 Å². The highest BCUT2D eigenvalue weighted by molar-refractivity contribution is 9.10. The summed E-state index contributed by atoms with van der Waals surface area (Å²) in [6, 6.07) is 3.54. The molecule has 6 heteroatoms. The average molecular weight is 340 g/mol. The van der Waals surface area contributed by atoms with E-state index in [0.717, 1.165) is 22.9 Å². The Bertz CT molecular complexity index is 560. The Morgan fingerprint density at radius 2 is 2.10 bits per heavy atom. The SMILES string of the molecule is Cc1c(N)cc(Br)cc1C(=O)N1CCCC(C(N)=O)C1. The number of carbonyl (C=O) groups excluding carboxylic acids is 2. The molecule has 1 saturated heterocycles. The molecule has 1 fully saturated rings. The van der Waals surface area contributed by atoms with E-state index >= 15 is 0 Å². The molecule has 0 radical (unpaired) electrons. The number of nitrogens with zero attached hydrogens (tertiary/aromatic N) is 1. The van der Waals surface area contributed by atoms with E-state index in [-0.39, 0.29) is 17.7 Å². The fraction of sp³-hybridized carbons (Fsp3) is 0.429. The lowest BCUT2D eigenvalue weighted by Gasteiger charge is -2.31. The lowest BCUT2D eigenvalue weighted by atomic mass is 9.96. The number of amides is 2. The number of hydrogen-bond acceptors (Lipinski definition) is 3. The highest BCUT2D eigenvalue weighted by Gasteiger charge is 2.28. The molecule has 1 atom stereocenters. The first-order valence-corrected chi connectivity index (χ1v) is 7.33. The predicted octanol–water partition coefficient (Wildman–Crippen LogP) is 1.68.